The summed E-state index contributed by atoms with van der Waals surface area (Å²) in [4.78, 5) is 12.0. The average molecular weight is 315 g/mol. The summed E-state index contributed by atoms with van der Waals surface area (Å²) in [6.45, 7) is 2.59. The van der Waals surface area contributed by atoms with E-state index in [-0.39, 0.29) is 18.5 Å². The fourth-order valence-electron chi connectivity index (χ4n) is 2.12. The number of aromatic nitrogens is 1. The topological polar surface area (TPSA) is 43.3 Å². The molecule has 0 bridgehead atoms. The predicted octanol–water partition coefficient (Wildman–Crippen LogP) is 3.10. The molecule has 0 aliphatic rings. The molecule has 0 saturated carbocycles. The van der Waals surface area contributed by atoms with Gasteiger partial charge >= 0.3 is 0 Å². The molecule has 1 atom stereocenters. The van der Waals surface area contributed by atoms with Crippen molar-refractivity contribution in [2.75, 3.05) is 13.7 Å². The van der Waals surface area contributed by atoms with Crippen LogP contribution in [-0.2, 0) is 16.1 Å². The van der Waals surface area contributed by atoms with Gasteiger partial charge in [-0.2, -0.15) is 0 Å². The monoisotopic (exact) mass is 314 g/mol. The van der Waals surface area contributed by atoms with E-state index in [2.05, 4.69) is 5.32 Å². The number of hydrogen-bond acceptors (Lipinski definition) is 2. The molecule has 2 rings (SSSR count). The van der Waals surface area contributed by atoms with E-state index in [1.807, 2.05) is 23.8 Å². The average Bonchev–Trinajstić information content (AvgIpc) is 2.72. The van der Waals surface area contributed by atoms with Gasteiger partial charge in [-0.3, -0.25) is 4.79 Å². The minimum absolute atomic E-state index is 0.0264. The molecule has 4 nitrogen and oxygen atoms in total. The number of rotatable bonds is 5. The highest BCUT2D eigenvalue weighted by Crippen LogP contribution is 2.28. The highest BCUT2D eigenvalue weighted by Gasteiger charge is 2.11. The molecule has 1 aromatic carbocycles. The molecule has 1 amide bonds. The molecule has 0 saturated heterocycles. The summed E-state index contributed by atoms with van der Waals surface area (Å²) >= 11 is 12.1. The quantitative estimate of drug-likeness (QED) is 0.921. The van der Waals surface area contributed by atoms with Crippen molar-refractivity contribution in [1.29, 1.82) is 0 Å². The zero-order chi connectivity index (χ0) is 14.7. The largest absolute Gasteiger partial charge is 0.383 e. The normalized spacial score (nSPS) is 12.6. The molecule has 0 radical (unpaired) electrons. The van der Waals surface area contributed by atoms with Crippen molar-refractivity contribution in [3.63, 3.8) is 0 Å². The van der Waals surface area contributed by atoms with Gasteiger partial charge < -0.3 is 14.6 Å². The Bertz CT molecular complexity index is 625. The molecule has 6 heteroatoms. The van der Waals surface area contributed by atoms with Crippen LogP contribution in [0.3, 0.4) is 0 Å². The number of fused-ring (bicyclic) bond motifs is 1. The van der Waals surface area contributed by atoms with E-state index >= 15 is 0 Å². The van der Waals surface area contributed by atoms with Crippen LogP contribution in [0.4, 0.5) is 0 Å². The van der Waals surface area contributed by atoms with Gasteiger partial charge in [-0.15, -0.1) is 0 Å². The third kappa shape index (κ3) is 3.45. The van der Waals surface area contributed by atoms with Crippen LogP contribution < -0.4 is 5.32 Å². The highest BCUT2D eigenvalue weighted by molar-refractivity contribution is 6.38. The third-order valence-corrected chi connectivity index (χ3v) is 3.47. The number of nitrogens with one attached hydrogen (secondary N) is 1. The van der Waals surface area contributed by atoms with Gasteiger partial charge in [0.25, 0.3) is 0 Å². The Kier molecular flexibility index (Phi) is 4.91. The summed E-state index contributed by atoms with van der Waals surface area (Å²) in [6, 6.07) is 5.34. The lowest BCUT2D eigenvalue weighted by molar-refractivity contribution is -0.122. The Labute approximate surface area is 127 Å². The van der Waals surface area contributed by atoms with E-state index in [0.717, 1.165) is 10.9 Å². The van der Waals surface area contributed by atoms with Gasteiger partial charge in [0.1, 0.15) is 6.54 Å². The molecule has 0 aliphatic carbocycles. The molecule has 0 spiro atoms. The van der Waals surface area contributed by atoms with Gasteiger partial charge in [0.15, 0.2) is 0 Å². The summed E-state index contributed by atoms with van der Waals surface area (Å²) in [6.07, 6.45) is 1.83. The van der Waals surface area contributed by atoms with Crippen LogP contribution in [0.15, 0.2) is 24.4 Å². The van der Waals surface area contributed by atoms with E-state index in [9.17, 15) is 4.79 Å². The van der Waals surface area contributed by atoms with Gasteiger partial charge in [0.05, 0.1) is 17.1 Å². The van der Waals surface area contributed by atoms with Crippen LogP contribution in [0.5, 0.6) is 0 Å². The van der Waals surface area contributed by atoms with Gasteiger partial charge in [0.2, 0.25) is 5.91 Å². The number of halogens is 2. The maximum Gasteiger partial charge on any atom is 0.240 e. The molecule has 1 unspecified atom stereocenters. The fraction of sp³-hybridized carbons (Fsp3) is 0.357. The molecule has 2 aromatic rings. The molecule has 0 aliphatic heterocycles. The van der Waals surface area contributed by atoms with Crippen LogP contribution in [0.1, 0.15) is 6.92 Å². The molecular formula is C14H16Cl2N2O2. The Hall–Kier alpha value is -1.23. The Morgan fingerprint density at radius 2 is 2.20 bits per heavy atom. The first kappa shape index (κ1) is 15.2. The zero-order valence-electron chi connectivity index (χ0n) is 11.3. The van der Waals surface area contributed by atoms with Crippen molar-refractivity contribution in [3.8, 4) is 0 Å². The predicted molar refractivity (Wildman–Crippen MR) is 81.4 cm³/mol. The first-order valence-corrected chi connectivity index (χ1v) is 6.99. The van der Waals surface area contributed by atoms with Crippen molar-refractivity contribution in [2.45, 2.75) is 19.5 Å². The van der Waals surface area contributed by atoms with Crippen molar-refractivity contribution in [2.24, 2.45) is 0 Å². The smallest absolute Gasteiger partial charge is 0.240 e. The third-order valence-electron chi connectivity index (χ3n) is 2.94. The van der Waals surface area contributed by atoms with E-state index in [4.69, 9.17) is 27.9 Å². The second kappa shape index (κ2) is 6.48. The van der Waals surface area contributed by atoms with Crippen LogP contribution in [0.25, 0.3) is 10.9 Å². The van der Waals surface area contributed by atoms with Crippen molar-refractivity contribution >= 4 is 40.0 Å². The van der Waals surface area contributed by atoms with Gasteiger partial charge in [0, 0.05) is 29.8 Å². The molecule has 0 fully saturated rings. The lowest BCUT2D eigenvalue weighted by atomic mass is 10.2. The summed E-state index contributed by atoms with van der Waals surface area (Å²) in [7, 11) is 1.60. The lowest BCUT2D eigenvalue weighted by Crippen LogP contribution is -2.37. The minimum atomic E-state index is -0.0804. The summed E-state index contributed by atoms with van der Waals surface area (Å²) in [5.74, 6) is -0.0804. The second-order valence-electron chi connectivity index (χ2n) is 4.69. The van der Waals surface area contributed by atoms with Gasteiger partial charge in [-0.25, -0.2) is 0 Å². The van der Waals surface area contributed by atoms with Crippen LogP contribution in [-0.4, -0.2) is 30.2 Å². The number of methoxy groups -OCH3 is 1. The number of hydrogen-bond donors (Lipinski definition) is 1. The molecular weight excluding hydrogens is 299 g/mol. The molecule has 20 heavy (non-hydrogen) atoms. The standard InChI is InChI=1S/C14H16Cl2N2O2/c1-9(8-20-2)17-14(19)7-18-4-3-11-12(16)5-10(15)6-13(11)18/h3-6,9H,7-8H2,1-2H3,(H,17,19). The fourth-order valence-corrected chi connectivity index (χ4v) is 2.67. The van der Waals surface area contributed by atoms with Crippen LogP contribution >= 0.6 is 23.2 Å². The number of ether oxygens (including phenoxy) is 1. The summed E-state index contributed by atoms with van der Waals surface area (Å²) in [5.41, 5.74) is 0.844. The Morgan fingerprint density at radius 3 is 2.90 bits per heavy atom. The molecule has 1 heterocycles. The van der Waals surface area contributed by atoms with E-state index in [0.29, 0.717) is 16.7 Å². The van der Waals surface area contributed by atoms with Crippen molar-refractivity contribution < 1.29 is 9.53 Å². The summed E-state index contributed by atoms with van der Waals surface area (Å²) in [5, 5.41) is 4.88. The number of carbonyl (C=O) groups excluding carboxylic acids is 1. The number of nitrogens with zero attached hydrogens (tertiary/aromatic N) is 1. The molecule has 108 valence electrons. The van der Waals surface area contributed by atoms with Gasteiger partial charge in [-0.1, -0.05) is 23.2 Å². The lowest BCUT2D eigenvalue weighted by Gasteiger charge is -2.13. The maximum atomic E-state index is 12.0. The number of amides is 1. The number of benzene rings is 1. The van der Waals surface area contributed by atoms with Crippen molar-refractivity contribution in [1.82, 2.24) is 9.88 Å². The molecule has 1 aromatic heterocycles. The van der Waals surface area contributed by atoms with Crippen LogP contribution in [0.2, 0.25) is 10.0 Å². The minimum Gasteiger partial charge on any atom is -0.383 e. The first-order chi connectivity index (χ1) is 9.51. The van der Waals surface area contributed by atoms with Crippen LogP contribution in [0, 0.1) is 0 Å². The SMILES string of the molecule is COCC(C)NC(=O)Cn1ccc2c(Cl)cc(Cl)cc21. The summed E-state index contributed by atoms with van der Waals surface area (Å²) < 4.78 is 6.81. The van der Waals surface area contributed by atoms with E-state index in [1.165, 1.54) is 0 Å². The second-order valence-corrected chi connectivity index (χ2v) is 5.53. The van der Waals surface area contributed by atoms with Crippen molar-refractivity contribution in [3.05, 3.63) is 34.4 Å². The first-order valence-electron chi connectivity index (χ1n) is 6.23. The zero-order valence-corrected chi connectivity index (χ0v) is 12.8. The Balaban J connectivity index is 2.16. The van der Waals surface area contributed by atoms with E-state index < -0.39 is 0 Å². The number of carbonyl (C=O) groups is 1. The Morgan fingerprint density at radius 1 is 1.45 bits per heavy atom. The maximum absolute atomic E-state index is 12.0. The highest BCUT2D eigenvalue weighted by atomic mass is 35.5. The van der Waals surface area contributed by atoms with Gasteiger partial charge in [-0.05, 0) is 25.1 Å². The molecule has 1 N–H and O–H groups in total. The van der Waals surface area contributed by atoms with E-state index in [1.54, 1.807) is 19.2 Å².